The molecule has 1 aliphatic heterocycles. The number of amides is 1. The number of nitro benzene ring substituents is 1. The zero-order valence-electron chi connectivity index (χ0n) is 14.7. The molecule has 4 rings (SSSR count). The lowest BCUT2D eigenvalue weighted by molar-refractivity contribution is -0.384. The van der Waals surface area contributed by atoms with Crippen molar-refractivity contribution < 1.29 is 9.72 Å². The van der Waals surface area contributed by atoms with E-state index in [4.69, 9.17) is 0 Å². The minimum atomic E-state index is -0.375. The van der Waals surface area contributed by atoms with Crippen LogP contribution in [0, 0.1) is 10.1 Å². The van der Waals surface area contributed by atoms with Gasteiger partial charge in [-0.25, -0.2) is 4.98 Å². The zero-order valence-corrected chi connectivity index (χ0v) is 15.5. The largest absolute Gasteiger partial charge is 0.340 e. The van der Waals surface area contributed by atoms with Crippen LogP contribution in [0.3, 0.4) is 0 Å². The van der Waals surface area contributed by atoms with Gasteiger partial charge in [0.05, 0.1) is 17.0 Å². The van der Waals surface area contributed by atoms with Crippen LogP contribution >= 0.6 is 11.3 Å². The molecule has 1 saturated heterocycles. The number of carbonyl (C=O) groups is 1. The summed E-state index contributed by atoms with van der Waals surface area (Å²) < 4.78 is 1.93. The van der Waals surface area contributed by atoms with E-state index in [-0.39, 0.29) is 16.5 Å². The van der Waals surface area contributed by atoms with Crippen LogP contribution in [0.15, 0.2) is 42.0 Å². The van der Waals surface area contributed by atoms with Crippen molar-refractivity contribution in [1.82, 2.24) is 19.2 Å². The van der Waals surface area contributed by atoms with Crippen LogP contribution in [-0.2, 0) is 17.8 Å². The second-order valence-corrected chi connectivity index (χ2v) is 7.46. The number of aromatic nitrogens is 2. The molecule has 0 radical (unpaired) electrons. The minimum absolute atomic E-state index is 0.0933. The summed E-state index contributed by atoms with van der Waals surface area (Å²) in [6.07, 6.45) is 4.16. The van der Waals surface area contributed by atoms with Crippen LogP contribution in [0.2, 0.25) is 0 Å². The molecule has 0 atom stereocenters. The van der Waals surface area contributed by atoms with E-state index >= 15 is 0 Å². The van der Waals surface area contributed by atoms with E-state index in [1.807, 2.05) is 33.1 Å². The fourth-order valence-corrected chi connectivity index (χ4v) is 4.03. The maximum Gasteiger partial charge on any atom is 0.269 e. The van der Waals surface area contributed by atoms with Crippen molar-refractivity contribution in [3.63, 3.8) is 0 Å². The third-order valence-corrected chi connectivity index (χ3v) is 5.50. The normalized spacial score (nSPS) is 15.3. The van der Waals surface area contributed by atoms with E-state index in [1.165, 1.54) is 6.07 Å². The van der Waals surface area contributed by atoms with Gasteiger partial charge in [0.1, 0.15) is 0 Å². The lowest BCUT2D eigenvalue weighted by Gasteiger charge is -2.34. The summed E-state index contributed by atoms with van der Waals surface area (Å²) in [7, 11) is 0. The quantitative estimate of drug-likeness (QED) is 0.497. The van der Waals surface area contributed by atoms with E-state index in [0.717, 1.165) is 29.3 Å². The van der Waals surface area contributed by atoms with Gasteiger partial charge in [0.2, 0.25) is 5.91 Å². The number of hydrogen-bond acceptors (Lipinski definition) is 6. The Bertz CT molecular complexity index is 946. The average molecular weight is 385 g/mol. The highest BCUT2D eigenvalue weighted by atomic mass is 32.1. The zero-order chi connectivity index (χ0) is 18.8. The smallest absolute Gasteiger partial charge is 0.269 e. The number of imidazole rings is 1. The fraction of sp³-hybridized carbons (Fsp3) is 0.333. The van der Waals surface area contributed by atoms with E-state index < -0.39 is 0 Å². The van der Waals surface area contributed by atoms with Gasteiger partial charge in [-0.2, -0.15) is 0 Å². The highest BCUT2D eigenvalue weighted by Gasteiger charge is 2.22. The summed E-state index contributed by atoms with van der Waals surface area (Å²) in [6, 6.07) is 6.72. The van der Waals surface area contributed by atoms with Crippen molar-refractivity contribution in [1.29, 1.82) is 0 Å². The Kier molecular flexibility index (Phi) is 4.87. The van der Waals surface area contributed by atoms with Crippen molar-refractivity contribution >= 4 is 27.9 Å². The van der Waals surface area contributed by atoms with Gasteiger partial charge in [0.15, 0.2) is 4.96 Å². The van der Waals surface area contributed by atoms with Crippen molar-refractivity contribution in [2.75, 3.05) is 26.2 Å². The van der Waals surface area contributed by atoms with Crippen LogP contribution in [-0.4, -0.2) is 56.2 Å². The Morgan fingerprint density at radius 1 is 1.26 bits per heavy atom. The first-order chi connectivity index (χ1) is 13.1. The number of carbonyl (C=O) groups excluding carboxylic acids is 1. The molecule has 2 aromatic heterocycles. The molecular weight excluding hydrogens is 366 g/mol. The Labute approximate surface area is 159 Å². The van der Waals surface area contributed by atoms with Crippen LogP contribution < -0.4 is 0 Å². The standard InChI is InChI=1S/C18H19N5O3S/c24-17(11-15-13-22-8-9-27-18(22)19-15)21-6-4-20(5-7-21)12-14-2-1-3-16(10-14)23(25)26/h1-3,8-10,13H,4-7,11-12H2. The topological polar surface area (TPSA) is 84.0 Å². The third kappa shape index (κ3) is 3.99. The number of non-ortho nitro benzene ring substituents is 1. The molecule has 140 valence electrons. The van der Waals surface area contributed by atoms with E-state index in [9.17, 15) is 14.9 Å². The summed E-state index contributed by atoms with van der Waals surface area (Å²) in [4.78, 5) is 32.5. The van der Waals surface area contributed by atoms with Crippen molar-refractivity contribution in [2.24, 2.45) is 0 Å². The summed E-state index contributed by atoms with van der Waals surface area (Å²) in [5.41, 5.74) is 1.83. The molecule has 1 aliphatic rings. The molecule has 1 fully saturated rings. The van der Waals surface area contributed by atoms with Crippen LogP contribution in [0.5, 0.6) is 0 Å². The molecule has 3 aromatic rings. The number of hydrogen-bond donors (Lipinski definition) is 0. The molecule has 0 spiro atoms. The fourth-order valence-electron chi connectivity index (χ4n) is 3.31. The first-order valence-corrected chi connectivity index (χ1v) is 9.61. The number of nitro groups is 1. The molecule has 27 heavy (non-hydrogen) atoms. The second kappa shape index (κ2) is 7.45. The molecule has 1 amide bonds. The predicted molar refractivity (Wildman–Crippen MR) is 102 cm³/mol. The Hall–Kier alpha value is -2.78. The molecule has 0 N–H and O–H groups in total. The predicted octanol–water partition coefficient (Wildman–Crippen LogP) is 2.19. The summed E-state index contributed by atoms with van der Waals surface area (Å²) in [5.74, 6) is 0.0933. The SMILES string of the molecule is O=C(Cc1cn2ccsc2n1)N1CCN(Cc2cccc([N+](=O)[O-])c2)CC1. The lowest BCUT2D eigenvalue weighted by atomic mass is 10.1. The van der Waals surface area contributed by atoms with Crippen LogP contribution in [0.25, 0.3) is 4.96 Å². The second-order valence-electron chi connectivity index (χ2n) is 6.59. The Balaban J connectivity index is 1.30. The number of thiazole rings is 1. The van der Waals surface area contributed by atoms with Gasteiger partial charge in [-0.3, -0.25) is 24.2 Å². The van der Waals surface area contributed by atoms with Crippen molar-refractivity contribution in [3.8, 4) is 0 Å². The number of rotatable bonds is 5. The third-order valence-electron chi connectivity index (χ3n) is 4.73. The van der Waals surface area contributed by atoms with Crippen molar-refractivity contribution in [3.05, 3.63) is 63.4 Å². The van der Waals surface area contributed by atoms with Gasteiger partial charge in [0, 0.05) is 62.6 Å². The Morgan fingerprint density at radius 3 is 2.81 bits per heavy atom. The molecular formula is C18H19N5O3S. The van der Waals surface area contributed by atoms with Gasteiger partial charge < -0.3 is 4.90 Å². The maximum absolute atomic E-state index is 12.5. The van der Waals surface area contributed by atoms with Gasteiger partial charge in [-0.15, -0.1) is 11.3 Å². The first kappa shape index (κ1) is 17.6. The number of piperazine rings is 1. The summed E-state index contributed by atoms with van der Waals surface area (Å²) in [6.45, 7) is 3.49. The average Bonchev–Trinajstić information content (AvgIpc) is 3.24. The lowest BCUT2D eigenvalue weighted by Crippen LogP contribution is -2.48. The van der Waals surface area contributed by atoms with Crippen LogP contribution in [0.1, 0.15) is 11.3 Å². The highest BCUT2D eigenvalue weighted by molar-refractivity contribution is 7.15. The minimum Gasteiger partial charge on any atom is -0.340 e. The molecule has 0 bridgehead atoms. The van der Waals surface area contributed by atoms with E-state index in [0.29, 0.717) is 26.1 Å². The van der Waals surface area contributed by atoms with Gasteiger partial charge in [-0.05, 0) is 5.56 Å². The number of benzene rings is 1. The molecule has 1 aromatic carbocycles. The molecule has 0 unspecified atom stereocenters. The van der Waals surface area contributed by atoms with Crippen molar-refractivity contribution in [2.45, 2.75) is 13.0 Å². The molecule has 0 aliphatic carbocycles. The monoisotopic (exact) mass is 385 g/mol. The summed E-state index contributed by atoms with van der Waals surface area (Å²) in [5, 5.41) is 12.9. The number of fused-ring (bicyclic) bond motifs is 1. The molecule has 8 nitrogen and oxygen atoms in total. The van der Waals surface area contributed by atoms with Gasteiger partial charge >= 0.3 is 0 Å². The molecule has 3 heterocycles. The van der Waals surface area contributed by atoms with Gasteiger partial charge in [-0.1, -0.05) is 12.1 Å². The van der Waals surface area contributed by atoms with Crippen LogP contribution in [0.4, 0.5) is 5.69 Å². The van der Waals surface area contributed by atoms with Gasteiger partial charge in [0.25, 0.3) is 5.69 Å². The Morgan fingerprint density at radius 2 is 2.07 bits per heavy atom. The maximum atomic E-state index is 12.5. The van der Waals surface area contributed by atoms with E-state index in [1.54, 1.807) is 23.5 Å². The highest BCUT2D eigenvalue weighted by Crippen LogP contribution is 2.16. The van der Waals surface area contributed by atoms with E-state index in [2.05, 4.69) is 9.88 Å². The number of nitrogens with zero attached hydrogens (tertiary/aromatic N) is 5. The first-order valence-electron chi connectivity index (χ1n) is 8.73. The summed E-state index contributed by atoms with van der Waals surface area (Å²) >= 11 is 1.55. The molecule has 9 heteroatoms. The molecule has 0 saturated carbocycles.